The Hall–Kier alpha value is -1.17. The van der Waals surface area contributed by atoms with E-state index in [0.717, 1.165) is 44.5 Å². The van der Waals surface area contributed by atoms with E-state index in [-0.39, 0.29) is 0 Å². The maximum atomic E-state index is 4.82. The lowest BCUT2D eigenvalue weighted by Crippen LogP contribution is -2.49. The minimum Gasteiger partial charge on any atom is -0.357 e. The van der Waals surface area contributed by atoms with E-state index >= 15 is 0 Å². The summed E-state index contributed by atoms with van der Waals surface area (Å²) in [5.41, 5.74) is 0. The first kappa shape index (κ1) is 17.2. The molecule has 124 valence electrons. The number of thioether (sulfide) groups is 1. The maximum Gasteiger partial charge on any atom is 0.194 e. The Morgan fingerprint density at radius 1 is 1.55 bits per heavy atom. The van der Waals surface area contributed by atoms with Crippen LogP contribution in [0.3, 0.4) is 0 Å². The number of aryl methyl sites for hydroxylation is 1. The van der Waals surface area contributed by atoms with Crippen LogP contribution in [0, 0.1) is 12.8 Å². The number of guanidine groups is 1. The van der Waals surface area contributed by atoms with Gasteiger partial charge in [0.25, 0.3) is 0 Å². The van der Waals surface area contributed by atoms with E-state index in [0.29, 0.717) is 11.2 Å². The molecule has 0 aliphatic carbocycles. The van der Waals surface area contributed by atoms with E-state index in [1.54, 1.807) is 0 Å². The van der Waals surface area contributed by atoms with Crippen LogP contribution in [0.25, 0.3) is 0 Å². The van der Waals surface area contributed by atoms with Crippen molar-refractivity contribution in [2.75, 3.05) is 31.9 Å². The van der Waals surface area contributed by atoms with Crippen molar-refractivity contribution in [2.24, 2.45) is 10.9 Å². The Balaban J connectivity index is 1.95. The fourth-order valence-electron chi connectivity index (χ4n) is 2.60. The summed E-state index contributed by atoms with van der Waals surface area (Å²) in [7, 11) is 0. The van der Waals surface area contributed by atoms with Gasteiger partial charge in [-0.05, 0) is 19.8 Å². The fourth-order valence-corrected chi connectivity index (χ4v) is 3.90. The van der Waals surface area contributed by atoms with Gasteiger partial charge < -0.3 is 14.8 Å². The molecule has 2 heterocycles. The van der Waals surface area contributed by atoms with E-state index in [4.69, 9.17) is 4.99 Å². The predicted octanol–water partition coefficient (Wildman–Crippen LogP) is 2.23. The van der Waals surface area contributed by atoms with Crippen LogP contribution in [0.15, 0.2) is 17.4 Å². The number of hydrogen-bond acceptors (Lipinski definition) is 3. The van der Waals surface area contributed by atoms with Crippen LogP contribution in [0.5, 0.6) is 0 Å². The minimum absolute atomic E-state index is 0.702. The minimum atomic E-state index is 0.702. The highest BCUT2D eigenvalue weighted by Crippen LogP contribution is 2.24. The molecule has 1 aliphatic rings. The van der Waals surface area contributed by atoms with Crippen molar-refractivity contribution in [1.29, 1.82) is 0 Å². The second-order valence-corrected chi connectivity index (χ2v) is 7.35. The van der Waals surface area contributed by atoms with Crippen LogP contribution in [0.1, 0.15) is 26.6 Å². The summed E-state index contributed by atoms with van der Waals surface area (Å²) in [5, 5.41) is 4.15. The number of aromatic nitrogens is 2. The van der Waals surface area contributed by atoms with Crippen molar-refractivity contribution in [3.05, 3.63) is 18.2 Å². The zero-order valence-corrected chi connectivity index (χ0v) is 15.1. The highest BCUT2D eigenvalue weighted by atomic mass is 32.2. The van der Waals surface area contributed by atoms with E-state index in [2.05, 4.69) is 52.3 Å². The Kier molecular flexibility index (Phi) is 6.61. The lowest BCUT2D eigenvalue weighted by Gasteiger charge is -2.36. The van der Waals surface area contributed by atoms with Gasteiger partial charge in [0.15, 0.2) is 5.96 Å². The molecule has 1 saturated heterocycles. The van der Waals surface area contributed by atoms with E-state index in [1.807, 2.05) is 19.3 Å². The van der Waals surface area contributed by atoms with Crippen molar-refractivity contribution < 1.29 is 0 Å². The number of imidazole rings is 1. The van der Waals surface area contributed by atoms with Gasteiger partial charge in [0, 0.05) is 49.6 Å². The first-order valence-corrected chi connectivity index (χ1v) is 9.29. The maximum absolute atomic E-state index is 4.82. The lowest BCUT2D eigenvalue weighted by atomic mass is 10.1. The molecule has 1 aromatic heterocycles. The Morgan fingerprint density at radius 2 is 2.36 bits per heavy atom. The molecule has 0 radical (unpaired) electrons. The normalized spacial score (nSPS) is 19.8. The molecule has 0 spiro atoms. The van der Waals surface area contributed by atoms with Crippen molar-refractivity contribution >= 4 is 17.7 Å². The molecule has 1 atom stereocenters. The summed E-state index contributed by atoms with van der Waals surface area (Å²) in [6.45, 7) is 13.6. The average Bonchev–Trinajstić information content (AvgIpc) is 2.92. The molecule has 2 rings (SSSR count). The summed E-state index contributed by atoms with van der Waals surface area (Å²) in [6.07, 6.45) is 3.86. The molecule has 0 saturated carbocycles. The monoisotopic (exact) mass is 323 g/mol. The molecule has 0 aromatic carbocycles. The molecule has 22 heavy (non-hydrogen) atoms. The molecular weight excluding hydrogens is 294 g/mol. The average molecular weight is 324 g/mol. The van der Waals surface area contributed by atoms with Crippen LogP contribution in [-0.4, -0.2) is 57.6 Å². The second-order valence-electron chi connectivity index (χ2n) is 6.00. The molecule has 5 nitrogen and oxygen atoms in total. The third kappa shape index (κ3) is 4.66. The van der Waals surface area contributed by atoms with Gasteiger partial charge >= 0.3 is 0 Å². The van der Waals surface area contributed by atoms with Gasteiger partial charge in [-0.15, -0.1) is 0 Å². The molecule has 1 aliphatic heterocycles. The van der Waals surface area contributed by atoms with Crippen molar-refractivity contribution in [3.8, 4) is 0 Å². The highest BCUT2D eigenvalue weighted by Gasteiger charge is 2.24. The van der Waals surface area contributed by atoms with E-state index in [1.165, 1.54) is 5.75 Å². The molecule has 1 N–H and O–H groups in total. The third-order valence-corrected chi connectivity index (χ3v) is 5.54. The second kappa shape index (κ2) is 8.46. The van der Waals surface area contributed by atoms with E-state index < -0.39 is 0 Å². The van der Waals surface area contributed by atoms with Gasteiger partial charge in [-0.1, -0.05) is 13.8 Å². The summed E-state index contributed by atoms with van der Waals surface area (Å²) < 4.78 is 2.15. The number of rotatable bonds is 5. The Bertz CT molecular complexity index is 483. The molecule has 0 bridgehead atoms. The largest absolute Gasteiger partial charge is 0.357 e. The van der Waals surface area contributed by atoms with Crippen molar-refractivity contribution in [2.45, 2.75) is 39.5 Å². The zero-order valence-electron chi connectivity index (χ0n) is 14.2. The zero-order chi connectivity index (χ0) is 15.9. The molecule has 6 heteroatoms. The SMILES string of the molecule is CCNC(=NCCn1ccnc1C)N1CCSC(C(C)C)C1. The van der Waals surface area contributed by atoms with Crippen LogP contribution < -0.4 is 5.32 Å². The van der Waals surface area contributed by atoms with Crippen molar-refractivity contribution in [1.82, 2.24) is 19.8 Å². The van der Waals surface area contributed by atoms with Gasteiger partial charge in [0.2, 0.25) is 0 Å². The highest BCUT2D eigenvalue weighted by molar-refractivity contribution is 8.00. The molecule has 1 aromatic rings. The van der Waals surface area contributed by atoms with Gasteiger partial charge in [-0.2, -0.15) is 11.8 Å². The van der Waals surface area contributed by atoms with Crippen LogP contribution in [0.2, 0.25) is 0 Å². The van der Waals surface area contributed by atoms with Crippen LogP contribution in [0.4, 0.5) is 0 Å². The molecule has 0 amide bonds. The number of hydrogen-bond donors (Lipinski definition) is 1. The molecular formula is C16H29N5S. The summed E-state index contributed by atoms with van der Waals surface area (Å²) >= 11 is 2.10. The quantitative estimate of drug-likeness (QED) is 0.667. The Labute approximate surface area is 138 Å². The Morgan fingerprint density at radius 3 is 3.00 bits per heavy atom. The van der Waals surface area contributed by atoms with Gasteiger partial charge in [-0.25, -0.2) is 4.98 Å². The van der Waals surface area contributed by atoms with Crippen LogP contribution >= 0.6 is 11.8 Å². The summed E-state index contributed by atoms with van der Waals surface area (Å²) in [6, 6.07) is 0. The third-order valence-electron chi connectivity index (χ3n) is 4.00. The molecule has 1 fully saturated rings. The topological polar surface area (TPSA) is 45.5 Å². The molecule has 1 unspecified atom stereocenters. The first-order chi connectivity index (χ1) is 10.6. The standard InChI is InChI=1S/C16H29N5S/c1-5-17-16(19-7-9-20-8-6-18-14(20)4)21-10-11-22-15(12-21)13(2)3/h6,8,13,15H,5,7,9-12H2,1-4H3,(H,17,19). The smallest absolute Gasteiger partial charge is 0.194 e. The number of nitrogens with zero attached hydrogens (tertiary/aromatic N) is 4. The summed E-state index contributed by atoms with van der Waals surface area (Å²) in [4.78, 5) is 11.5. The van der Waals surface area contributed by atoms with E-state index in [9.17, 15) is 0 Å². The summed E-state index contributed by atoms with van der Waals surface area (Å²) in [5.74, 6) is 4.01. The number of aliphatic imine (C=N–C) groups is 1. The van der Waals surface area contributed by atoms with Gasteiger partial charge in [0.05, 0.1) is 6.54 Å². The van der Waals surface area contributed by atoms with Crippen molar-refractivity contribution in [3.63, 3.8) is 0 Å². The fraction of sp³-hybridized carbons (Fsp3) is 0.750. The number of nitrogens with one attached hydrogen (secondary N) is 1. The van der Waals surface area contributed by atoms with Crippen LogP contribution in [-0.2, 0) is 6.54 Å². The first-order valence-electron chi connectivity index (χ1n) is 8.24. The van der Waals surface area contributed by atoms with Gasteiger partial charge in [0.1, 0.15) is 5.82 Å². The lowest BCUT2D eigenvalue weighted by molar-refractivity contribution is 0.380. The predicted molar refractivity (Wildman–Crippen MR) is 95.6 cm³/mol. The van der Waals surface area contributed by atoms with Gasteiger partial charge in [-0.3, -0.25) is 4.99 Å².